The molecule has 0 spiro atoms. The quantitative estimate of drug-likeness (QED) is 0.536. The van der Waals surface area contributed by atoms with Gasteiger partial charge in [-0.3, -0.25) is 0 Å². The SMILES string of the molecule is CN(C)CCOc1ccc(CN(C)CC2CCN(CCc3cccc(F)c3)CC2)cc1. The third-order valence-electron chi connectivity index (χ3n) is 6.07. The van der Waals surface area contributed by atoms with Crippen LogP contribution in [0.4, 0.5) is 4.39 Å². The molecule has 1 aliphatic rings. The lowest BCUT2D eigenvalue weighted by Gasteiger charge is -2.34. The van der Waals surface area contributed by atoms with Crippen LogP contribution in [0.2, 0.25) is 0 Å². The summed E-state index contributed by atoms with van der Waals surface area (Å²) in [5.74, 6) is 1.56. The Morgan fingerprint density at radius 3 is 2.42 bits per heavy atom. The van der Waals surface area contributed by atoms with Crippen LogP contribution in [0, 0.1) is 11.7 Å². The number of rotatable bonds is 11. The minimum absolute atomic E-state index is 0.134. The van der Waals surface area contributed by atoms with Gasteiger partial charge in [0.1, 0.15) is 18.2 Å². The van der Waals surface area contributed by atoms with E-state index in [0.717, 1.165) is 62.9 Å². The number of piperidine rings is 1. The molecule has 0 amide bonds. The summed E-state index contributed by atoms with van der Waals surface area (Å²) in [4.78, 5) is 7.09. The zero-order valence-electron chi connectivity index (χ0n) is 19.4. The fourth-order valence-electron chi connectivity index (χ4n) is 4.23. The largest absolute Gasteiger partial charge is 0.492 e. The number of nitrogens with zero attached hydrogens (tertiary/aromatic N) is 3. The molecule has 170 valence electrons. The number of likely N-dealkylation sites (tertiary alicyclic amines) is 1. The van der Waals surface area contributed by atoms with Crippen LogP contribution in [0.25, 0.3) is 0 Å². The molecule has 0 atom stereocenters. The molecule has 1 heterocycles. The van der Waals surface area contributed by atoms with E-state index < -0.39 is 0 Å². The fourth-order valence-corrected chi connectivity index (χ4v) is 4.23. The predicted octanol–water partition coefficient (Wildman–Crippen LogP) is 4.15. The molecule has 2 aromatic rings. The van der Waals surface area contributed by atoms with Gasteiger partial charge in [-0.05, 0) is 94.8 Å². The minimum atomic E-state index is -0.134. The predicted molar refractivity (Wildman–Crippen MR) is 126 cm³/mol. The van der Waals surface area contributed by atoms with Gasteiger partial charge in [-0.1, -0.05) is 24.3 Å². The Morgan fingerprint density at radius 2 is 1.74 bits per heavy atom. The summed E-state index contributed by atoms with van der Waals surface area (Å²) in [5, 5.41) is 0. The van der Waals surface area contributed by atoms with Gasteiger partial charge in [0.15, 0.2) is 0 Å². The second-order valence-electron chi connectivity index (χ2n) is 9.16. The fraction of sp³-hybridized carbons (Fsp3) is 0.538. The van der Waals surface area contributed by atoms with Crippen molar-refractivity contribution in [2.24, 2.45) is 5.92 Å². The van der Waals surface area contributed by atoms with Crippen LogP contribution in [-0.2, 0) is 13.0 Å². The Bertz CT molecular complexity index is 772. The Labute approximate surface area is 187 Å². The van der Waals surface area contributed by atoms with E-state index in [4.69, 9.17) is 4.74 Å². The summed E-state index contributed by atoms with van der Waals surface area (Å²) < 4.78 is 19.1. The van der Waals surface area contributed by atoms with Crippen LogP contribution < -0.4 is 4.74 Å². The first-order valence-electron chi connectivity index (χ1n) is 11.5. The highest BCUT2D eigenvalue weighted by molar-refractivity contribution is 5.27. The van der Waals surface area contributed by atoms with Crippen LogP contribution in [0.5, 0.6) is 5.75 Å². The molecule has 0 unspecified atom stereocenters. The highest BCUT2D eigenvalue weighted by Gasteiger charge is 2.20. The standard InChI is InChI=1S/C26H38FN3O/c1-28(2)17-18-31-26-9-7-23(8-10-26)20-29(3)21-24-12-15-30(16-13-24)14-11-22-5-4-6-25(27)19-22/h4-10,19,24H,11-18,20-21H2,1-3H3. The molecule has 0 aliphatic carbocycles. The summed E-state index contributed by atoms with van der Waals surface area (Å²) in [5.41, 5.74) is 2.42. The van der Waals surface area contributed by atoms with Crippen LogP contribution in [0.1, 0.15) is 24.0 Å². The maximum Gasteiger partial charge on any atom is 0.123 e. The second kappa shape index (κ2) is 12.2. The zero-order chi connectivity index (χ0) is 22.1. The molecule has 0 radical (unpaired) electrons. The van der Waals surface area contributed by atoms with Crippen LogP contribution in [0.15, 0.2) is 48.5 Å². The second-order valence-corrected chi connectivity index (χ2v) is 9.16. The van der Waals surface area contributed by atoms with Gasteiger partial charge >= 0.3 is 0 Å². The summed E-state index contributed by atoms with van der Waals surface area (Å²) in [6.07, 6.45) is 3.41. The van der Waals surface area contributed by atoms with Crippen molar-refractivity contribution >= 4 is 0 Å². The van der Waals surface area contributed by atoms with Crippen LogP contribution in [-0.4, -0.2) is 75.2 Å². The van der Waals surface area contributed by atoms with E-state index in [9.17, 15) is 4.39 Å². The summed E-state index contributed by atoms with van der Waals surface area (Å²) in [6, 6.07) is 15.5. The van der Waals surface area contributed by atoms with Gasteiger partial charge in [-0.2, -0.15) is 0 Å². The third kappa shape index (κ3) is 8.60. The lowest BCUT2D eigenvalue weighted by Crippen LogP contribution is -2.38. The lowest BCUT2D eigenvalue weighted by atomic mass is 9.95. The number of likely N-dealkylation sites (N-methyl/N-ethyl adjacent to an activating group) is 1. The Balaban J connectivity index is 1.33. The number of hydrogen-bond donors (Lipinski definition) is 0. The monoisotopic (exact) mass is 427 g/mol. The maximum absolute atomic E-state index is 13.3. The van der Waals surface area contributed by atoms with E-state index in [0.29, 0.717) is 6.61 Å². The summed E-state index contributed by atoms with van der Waals surface area (Å²) in [7, 11) is 6.33. The first kappa shape index (κ1) is 23.7. The molecule has 0 aromatic heterocycles. The van der Waals surface area contributed by atoms with E-state index in [1.807, 2.05) is 6.07 Å². The minimum Gasteiger partial charge on any atom is -0.492 e. The highest BCUT2D eigenvalue weighted by atomic mass is 19.1. The molecule has 3 rings (SSSR count). The van der Waals surface area contributed by atoms with Crippen LogP contribution in [0.3, 0.4) is 0 Å². The molecule has 0 bridgehead atoms. The van der Waals surface area contributed by atoms with E-state index in [1.165, 1.54) is 24.5 Å². The molecular formula is C26H38FN3O. The number of benzene rings is 2. The van der Waals surface area contributed by atoms with Crippen molar-refractivity contribution in [2.75, 3.05) is 60.5 Å². The van der Waals surface area contributed by atoms with Crippen molar-refractivity contribution in [3.05, 3.63) is 65.5 Å². The van der Waals surface area contributed by atoms with Gasteiger partial charge in [0.2, 0.25) is 0 Å². The number of hydrogen-bond acceptors (Lipinski definition) is 4. The molecule has 1 fully saturated rings. The first-order valence-corrected chi connectivity index (χ1v) is 11.5. The molecular weight excluding hydrogens is 389 g/mol. The summed E-state index contributed by atoms with van der Waals surface area (Å²) in [6.45, 7) is 7.06. The van der Waals surface area contributed by atoms with Crippen molar-refractivity contribution in [3.63, 3.8) is 0 Å². The van der Waals surface area contributed by atoms with E-state index in [1.54, 1.807) is 12.1 Å². The third-order valence-corrected chi connectivity index (χ3v) is 6.07. The molecule has 2 aromatic carbocycles. The average molecular weight is 428 g/mol. The van der Waals surface area contributed by atoms with E-state index in [2.05, 4.69) is 60.1 Å². The molecule has 5 heteroatoms. The molecule has 1 saturated heterocycles. The normalized spacial score (nSPS) is 15.7. The number of halogens is 1. The first-order chi connectivity index (χ1) is 15.0. The maximum atomic E-state index is 13.3. The van der Waals surface area contributed by atoms with Gasteiger partial charge in [-0.25, -0.2) is 4.39 Å². The average Bonchev–Trinajstić information content (AvgIpc) is 2.74. The van der Waals surface area contributed by atoms with Crippen LogP contribution >= 0.6 is 0 Å². The smallest absolute Gasteiger partial charge is 0.123 e. The molecule has 1 aliphatic heterocycles. The topological polar surface area (TPSA) is 19.0 Å². The van der Waals surface area contributed by atoms with Gasteiger partial charge in [0.05, 0.1) is 0 Å². The molecule has 31 heavy (non-hydrogen) atoms. The zero-order valence-corrected chi connectivity index (χ0v) is 19.4. The van der Waals surface area contributed by atoms with Crippen molar-refractivity contribution in [1.29, 1.82) is 0 Å². The van der Waals surface area contributed by atoms with Crippen molar-refractivity contribution in [3.8, 4) is 5.75 Å². The molecule has 0 saturated carbocycles. The van der Waals surface area contributed by atoms with Gasteiger partial charge in [0, 0.05) is 26.2 Å². The van der Waals surface area contributed by atoms with E-state index >= 15 is 0 Å². The Hall–Kier alpha value is -1.95. The van der Waals surface area contributed by atoms with Crippen molar-refractivity contribution in [2.45, 2.75) is 25.8 Å². The summed E-state index contributed by atoms with van der Waals surface area (Å²) >= 11 is 0. The highest BCUT2D eigenvalue weighted by Crippen LogP contribution is 2.20. The van der Waals surface area contributed by atoms with Gasteiger partial charge in [-0.15, -0.1) is 0 Å². The molecule has 4 nitrogen and oxygen atoms in total. The van der Waals surface area contributed by atoms with Gasteiger partial charge in [0.25, 0.3) is 0 Å². The Morgan fingerprint density at radius 1 is 1.00 bits per heavy atom. The van der Waals surface area contributed by atoms with Crippen molar-refractivity contribution < 1.29 is 9.13 Å². The van der Waals surface area contributed by atoms with Crippen molar-refractivity contribution in [1.82, 2.24) is 14.7 Å². The molecule has 0 N–H and O–H groups in total. The Kier molecular flexibility index (Phi) is 9.31. The lowest BCUT2D eigenvalue weighted by molar-refractivity contribution is 0.153. The van der Waals surface area contributed by atoms with Gasteiger partial charge < -0.3 is 19.4 Å². The van der Waals surface area contributed by atoms with E-state index in [-0.39, 0.29) is 5.82 Å². The number of ether oxygens (including phenoxy) is 1.